The number of amides is 1. The van der Waals surface area contributed by atoms with Crippen LogP contribution in [0.4, 0.5) is 4.53 Å². The van der Waals surface area contributed by atoms with E-state index in [1.54, 1.807) is 6.92 Å². The lowest BCUT2D eigenvalue weighted by molar-refractivity contribution is -0.122. The standard InChI is InChI=1S/C12H22O.C4H9FNO2P.2C2H6/c1-4-9(2)11-5-7-12(8-6-11)10(3)13;1-4(7)6-2-9-3-8-5;2*1-2/h9,11-12H,4-8H2,1-3H3;9H,2-3H2,1H3,(H,6,7);2*1-2H3. The number of Topliss-reactive ketones (excluding diaryl/α,β-unsaturated/α-hetero) is 1. The second-order valence-corrected chi connectivity index (χ2v) is 7.16. The normalized spacial score (nSPS) is 19.7. The van der Waals surface area contributed by atoms with Gasteiger partial charge in [-0.25, -0.2) is 0 Å². The maximum Gasteiger partial charge on any atom is 0.217 e. The van der Waals surface area contributed by atoms with Gasteiger partial charge in [0.05, 0.1) is 0 Å². The predicted octanol–water partition coefficient (Wildman–Crippen LogP) is 6.10. The molecule has 158 valence electrons. The van der Waals surface area contributed by atoms with Gasteiger partial charge in [0.2, 0.25) is 5.91 Å². The zero-order chi connectivity index (χ0) is 21.0. The molecule has 0 aromatic carbocycles. The van der Waals surface area contributed by atoms with Gasteiger partial charge in [-0.3, -0.25) is 9.59 Å². The molecule has 0 bridgehead atoms. The molecule has 2 atom stereocenters. The van der Waals surface area contributed by atoms with Crippen molar-refractivity contribution in [3.63, 3.8) is 0 Å². The molecule has 0 saturated heterocycles. The second kappa shape index (κ2) is 22.5. The summed E-state index contributed by atoms with van der Waals surface area (Å²) in [6, 6.07) is 0. The van der Waals surface area contributed by atoms with Crippen molar-refractivity contribution < 1.29 is 19.1 Å². The number of halogens is 1. The van der Waals surface area contributed by atoms with Crippen molar-refractivity contribution in [1.29, 1.82) is 0 Å². The summed E-state index contributed by atoms with van der Waals surface area (Å²) in [5.41, 5.74) is 0. The van der Waals surface area contributed by atoms with E-state index in [4.69, 9.17) is 0 Å². The van der Waals surface area contributed by atoms with E-state index in [0.29, 0.717) is 26.6 Å². The van der Waals surface area contributed by atoms with Crippen molar-refractivity contribution in [2.45, 2.75) is 87.5 Å². The number of ketones is 1. The highest BCUT2D eigenvalue weighted by Gasteiger charge is 2.26. The fourth-order valence-corrected chi connectivity index (χ4v) is 3.26. The molecule has 26 heavy (non-hydrogen) atoms. The molecule has 6 heteroatoms. The molecular formula is C20H43FNO3P. The molecule has 1 aliphatic rings. The first-order chi connectivity index (χ1) is 12.4. The van der Waals surface area contributed by atoms with Gasteiger partial charge in [0.1, 0.15) is 12.1 Å². The summed E-state index contributed by atoms with van der Waals surface area (Å²) in [5.74, 6) is 2.44. The first kappa shape index (κ1) is 30.2. The molecule has 0 aromatic heterocycles. The van der Waals surface area contributed by atoms with Crippen LogP contribution >= 0.6 is 8.58 Å². The fourth-order valence-electron chi connectivity index (χ4n) is 2.70. The smallest absolute Gasteiger partial charge is 0.217 e. The first-order valence-corrected chi connectivity index (χ1v) is 11.5. The number of carbonyl (C=O) groups excluding carboxylic acids is 2. The SMILES string of the molecule is CC.CC.CC(=O)NCPCOF.CCC(C)C1CCC(C(C)=O)CC1. The van der Waals surface area contributed by atoms with Gasteiger partial charge < -0.3 is 5.32 Å². The van der Waals surface area contributed by atoms with Gasteiger partial charge in [-0.15, -0.1) is 0 Å². The number of hydrogen-bond donors (Lipinski definition) is 1. The topological polar surface area (TPSA) is 55.4 Å². The van der Waals surface area contributed by atoms with Crippen molar-refractivity contribution in [3.05, 3.63) is 0 Å². The van der Waals surface area contributed by atoms with Crippen LogP contribution in [0.5, 0.6) is 0 Å². The fraction of sp³-hybridized carbons (Fsp3) is 0.900. The van der Waals surface area contributed by atoms with Gasteiger partial charge in [-0.2, -0.15) is 4.94 Å². The number of hydrogen-bond acceptors (Lipinski definition) is 3. The minimum atomic E-state index is -0.0960. The Bertz CT molecular complexity index is 322. The molecule has 0 aliphatic heterocycles. The Morgan fingerprint density at radius 1 is 1.12 bits per heavy atom. The zero-order valence-electron chi connectivity index (χ0n) is 18.3. The van der Waals surface area contributed by atoms with Crippen LogP contribution < -0.4 is 5.32 Å². The van der Waals surface area contributed by atoms with E-state index in [9.17, 15) is 14.1 Å². The minimum absolute atomic E-state index is 0.0697. The summed E-state index contributed by atoms with van der Waals surface area (Å²) >= 11 is 0. The van der Waals surface area contributed by atoms with E-state index in [1.165, 1.54) is 26.2 Å². The van der Waals surface area contributed by atoms with Crippen LogP contribution in [-0.4, -0.2) is 24.3 Å². The molecule has 1 N–H and O–H groups in total. The number of nitrogens with one attached hydrogen (secondary N) is 1. The molecule has 4 nitrogen and oxygen atoms in total. The lowest BCUT2D eigenvalue weighted by Crippen LogP contribution is -2.23. The van der Waals surface area contributed by atoms with Crippen LogP contribution in [0.1, 0.15) is 87.5 Å². The van der Waals surface area contributed by atoms with Gasteiger partial charge in [0, 0.05) is 19.1 Å². The summed E-state index contributed by atoms with van der Waals surface area (Å²) in [6.45, 7) is 15.8. The van der Waals surface area contributed by atoms with Crippen molar-refractivity contribution in [3.8, 4) is 0 Å². The quantitative estimate of drug-likeness (QED) is 0.419. The molecule has 0 radical (unpaired) electrons. The summed E-state index contributed by atoms with van der Waals surface area (Å²) < 4.78 is 10.9. The van der Waals surface area contributed by atoms with Crippen LogP contribution in [-0.2, 0) is 14.5 Å². The van der Waals surface area contributed by atoms with Crippen LogP contribution in [0.3, 0.4) is 0 Å². The largest absolute Gasteiger partial charge is 0.353 e. The monoisotopic (exact) mass is 395 g/mol. The third-order valence-corrected chi connectivity index (χ3v) is 5.15. The maximum atomic E-state index is 11.1. The average Bonchev–Trinajstić information content (AvgIpc) is 2.68. The lowest BCUT2D eigenvalue weighted by atomic mass is 9.75. The van der Waals surface area contributed by atoms with E-state index in [-0.39, 0.29) is 12.3 Å². The second-order valence-electron chi connectivity index (χ2n) is 6.02. The van der Waals surface area contributed by atoms with Crippen molar-refractivity contribution in [2.75, 3.05) is 12.6 Å². The van der Waals surface area contributed by atoms with Gasteiger partial charge in [-0.05, 0) is 49.0 Å². The van der Waals surface area contributed by atoms with Crippen molar-refractivity contribution in [1.82, 2.24) is 5.32 Å². The van der Waals surface area contributed by atoms with E-state index in [2.05, 4.69) is 24.1 Å². The third-order valence-electron chi connectivity index (χ3n) is 4.41. The Hall–Kier alpha value is -0.540. The van der Waals surface area contributed by atoms with E-state index >= 15 is 0 Å². The van der Waals surface area contributed by atoms with Crippen molar-refractivity contribution in [2.24, 2.45) is 17.8 Å². The molecule has 0 aromatic rings. The molecule has 1 rings (SSSR count). The Balaban J connectivity index is -0.000000357. The number of rotatable bonds is 7. The van der Waals surface area contributed by atoms with E-state index in [0.717, 1.165) is 24.7 Å². The molecule has 2 unspecified atom stereocenters. The predicted molar refractivity (Wildman–Crippen MR) is 112 cm³/mol. The average molecular weight is 396 g/mol. The minimum Gasteiger partial charge on any atom is -0.353 e. The highest BCUT2D eigenvalue weighted by molar-refractivity contribution is 7.37. The van der Waals surface area contributed by atoms with Crippen LogP contribution in [0, 0.1) is 17.8 Å². The van der Waals surface area contributed by atoms with Crippen molar-refractivity contribution >= 4 is 20.3 Å². The molecule has 1 aliphatic carbocycles. The maximum absolute atomic E-state index is 11.1. The Morgan fingerprint density at radius 3 is 1.96 bits per heavy atom. The first-order valence-electron chi connectivity index (χ1n) is 10.1. The zero-order valence-corrected chi connectivity index (χ0v) is 19.3. The van der Waals surface area contributed by atoms with Gasteiger partial charge in [0.25, 0.3) is 0 Å². The summed E-state index contributed by atoms with van der Waals surface area (Å²) in [6.07, 6.45) is 6.70. The molecule has 0 spiro atoms. The van der Waals surface area contributed by atoms with Crippen LogP contribution in [0.15, 0.2) is 0 Å². The van der Waals surface area contributed by atoms with E-state index < -0.39 is 0 Å². The highest BCUT2D eigenvalue weighted by atomic mass is 31.1. The number of carbonyl (C=O) groups is 2. The van der Waals surface area contributed by atoms with E-state index in [1.807, 2.05) is 27.7 Å². The molecule has 1 amide bonds. The lowest BCUT2D eigenvalue weighted by Gasteiger charge is -2.30. The van der Waals surface area contributed by atoms with Gasteiger partial charge in [-0.1, -0.05) is 56.5 Å². The van der Waals surface area contributed by atoms with Gasteiger partial charge in [0.15, 0.2) is 0 Å². The molecule has 1 saturated carbocycles. The van der Waals surface area contributed by atoms with Gasteiger partial charge >= 0.3 is 0 Å². The summed E-state index contributed by atoms with van der Waals surface area (Å²) in [4.78, 5) is 24.6. The third kappa shape index (κ3) is 18.3. The highest BCUT2D eigenvalue weighted by Crippen LogP contribution is 2.34. The Labute approximate surface area is 163 Å². The molecular weight excluding hydrogens is 352 g/mol. The Morgan fingerprint density at radius 2 is 1.62 bits per heavy atom. The Kier molecular flexibility index (Phi) is 26.1. The van der Waals surface area contributed by atoms with Crippen LogP contribution in [0.25, 0.3) is 0 Å². The molecule has 1 fully saturated rings. The summed E-state index contributed by atoms with van der Waals surface area (Å²) in [7, 11) is 0.296. The summed E-state index contributed by atoms with van der Waals surface area (Å²) in [5, 5.41) is 2.51. The van der Waals surface area contributed by atoms with Crippen LogP contribution in [0.2, 0.25) is 0 Å². The molecule has 0 heterocycles.